The molecule has 1 aromatic rings. The minimum Gasteiger partial charge on any atom is -0.434 e. The summed E-state index contributed by atoms with van der Waals surface area (Å²) in [5.41, 5.74) is 5.75. The summed E-state index contributed by atoms with van der Waals surface area (Å²) in [7, 11) is 0. The molecule has 5 heteroatoms. The summed E-state index contributed by atoms with van der Waals surface area (Å²) in [6.45, 7) is -1.32. The van der Waals surface area contributed by atoms with E-state index in [-0.39, 0.29) is 11.3 Å². The van der Waals surface area contributed by atoms with Gasteiger partial charge in [-0.05, 0) is 13.0 Å². The standard InChI is InChI=1S/C10H13F2NO2/c1-6(13)9(14)7-4-2-3-5-8(7)15-10(11)12/h2-6,9-10,14H,13H2,1H3/t6-,9-/m0/s1. The highest BCUT2D eigenvalue weighted by Crippen LogP contribution is 2.27. The predicted molar refractivity (Wildman–Crippen MR) is 51.7 cm³/mol. The Hall–Kier alpha value is -1.20. The summed E-state index contributed by atoms with van der Waals surface area (Å²) in [6.07, 6.45) is -1.01. The first kappa shape index (κ1) is 11.9. The maximum Gasteiger partial charge on any atom is 0.387 e. The molecule has 0 amide bonds. The number of alkyl halides is 2. The van der Waals surface area contributed by atoms with Gasteiger partial charge in [-0.3, -0.25) is 0 Å². The monoisotopic (exact) mass is 217 g/mol. The van der Waals surface area contributed by atoms with Gasteiger partial charge in [0.15, 0.2) is 0 Å². The molecule has 1 rings (SSSR count). The third-order valence-corrected chi connectivity index (χ3v) is 1.95. The number of hydrogen-bond donors (Lipinski definition) is 2. The molecular formula is C10H13F2NO2. The second-order valence-electron chi connectivity index (χ2n) is 3.22. The first-order chi connectivity index (χ1) is 7.02. The highest BCUT2D eigenvalue weighted by molar-refractivity contribution is 5.35. The SMILES string of the molecule is C[C@H](N)[C@H](O)c1ccccc1OC(F)F. The molecule has 0 aliphatic heterocycles. The Morgan fingerprint density at radius 1 is 1.33 bits per heavy atom. The number of para-hydroxylation sites is 1. The highest BCUT2D eigenvalue weighted by Gasteiger charge is 2.18. The molecule has 2 atom stereocenters. The molecule has 0 radical (unpaired) electrons. The summed E-state index contributed by atoms with van der Waals surface area (Å²) in [6, 6.07) is 5.50. The molecule has 0 aliphatic carbocycles. The Kier molecular flexibility index (Phi) is 3.99. The molecule has 0 aliphatic rings. The van der Waals surface area contributed by atoms with E-state index in [9.17, 15) is 13.9 Å². The fourth-order valence-electron chi connectivity index (χ4n) is 1.21. The molecule has 84 valence electrons. The Morgan fingerprint density at radius 2 is 1.93 bits per heavy atom. The second-order valence-corrected chi connectivity index (χ2v) is 3.22. The van der Waals surface area contributed by atoms with Crippen LogP contribution in [0.15, 0.2) is 24.3 Å². The zero-order valence-electron chi connectivity index (χ0n) is 8.23. The van der Waals surface area contributed by atoms with Gasteiger partial charge in [-0.15, -0.1) is 0 Å². The van der Waals surface area contributed by atoms with Crippen LogP contribution < -0.4 is 10.5 Å². The van der Waals surface area contributed by atoms with Gasteiger partial charge < -0.3 is 15.6 Å². The van der Waals surface area contributed by atoms with Gasteiger partial charge in [0, 0.05) is 11.6 Å². The number of nitrogens with two attached hydrogens (primary N) is 1. The predicted octanol–water partition coefficient (Wildman–Crippen LogP) is 1.67. The Labute approximate surface area is 86.5 Å². The van der Waals surface area contributed by atoms with Crippen molar-refractivity contribution in [2.45, 2.75) is 25.7 Å². The van der Waals surface area contributed by atoms with Crippen molar-refractivity contribution < 1.29 is 18.6 Å². The van der Waals surface area contributed by atoms with Crippen molar-refractivity contribution in [1.29, 1.82) is 0 Å². The number of ether oxygens (including phenoxy) is 1. The van der Waals surface area contributed by atoms with Crippen LogP contribution in [-0.4, -0.2) is 17.8 Å². The summed E-state index contributed by atoms with van der Waals surface area (Å²) in [4.78, 5) is 0. The fraction of sp³-hybridized carbons (Fsp3) is 0.400. The van der Waals surface area contributed by atoms with Gasteiger partial charge >= 0.3 is 6.61 Å². The van der Waals surface area contributed by atoms with Crippen molar-refractivity contribution in [2.75, 3.05) is 0 Å². The summed E-state index contributed by atoms with van der Waals surface area (Å²) in [5.74, 6) is -0.0442. The van der Waals surface area contributed by atoms with Crippen molar-refractivity contribution in [3.63, 3.8) is 0 Å². The van der Waals surface area contributed by atoms with Crippen LogP contribution in [0.4, 0.5) is 8.78 Å². The van der Waals surface area contributed by atoms with Gasteiger partial charge in [-0.1, -0.05) is 18.2 Å². The molecule has 0 aromatic heterocycles. The van der Waals surface area contributed by atoms with Crippen LogP contribution in [0.3, 0.4) is 0 Å². The topological polar surface area (TPSA) is 55.5 Å². The maximum absolute atomic E-state index is 12.0. The van der Waals surface area contributed by atoms with Crippen molar-refractivity contribution in [3.8, 4) is 5.75 Å². The average Bonchev–Trinajstić information content (AvgIpc) is 2.16. The van der Waals surface area contributed by atoms with E-state index in [1.165, 1.54) is 12.1 Å². The summed E-state index contributed by atoms with van der Waals surface area (Å²) < 4.78 is 28.3. The number of benzene rings is 1. The molecule has 0 heterocycles. The van der Waals surface area contributed by atoms with E-state index in [1.54, 1.807) is 19.1 Å². The van der Waals surface area contributed by atoms with Crippen molar-refractivity contribution in [3.05, 3.63) is 29.8 Å². The minimum absolute atomic E-state index is 0.0442. The maximum atomic E-state index is 12.0. The van der Waals surface area contributed by atoms with Gasteiger partial charge in [0.25, 0.3) is 0 Å². The van der Waals surface area contributed by atoms with Crippen LogP contribution in [0, 0.1) is 0 Å². The van der Waals surface area contributed by atoms with Gasteiger partial charge in [0.1, 0.15) is 5.75 Å². The minimum atomic E-state index is -2.91. The largest absolute Gasteiger partial charge is 0.434 e. The molecule has 3 nitrogen and oxygen atoms in total. The van der Waals surface area contributed by atoms with Gasteiger partial charge in [0.2, 0.25) is 0 Å². The molecule has 0 spiro atoms. The lowest BCUT2D eigenvalue weighted by molar-refractivity contribution is -0.0517. The van der Waals surface area contributed by atoms with Crippen LogP contribution in [0.5, 0.6) is 5.75 Å². The molecule has 3 N–H and O–H groups in total. The van der Waals surface area contributed by atoms with Crippen LogP contribution in [0.25, 0.3) is 0 Å². The summed E-state index contributed by atoms with van der Waals surface area (Å²) in [5, 5.41) is 9.64. The Balaban J connectivity index is 2.95. The van der Waals surface area contributed by atoms with Gasteiger partial charge in [-0.2, -0.15) is 8.78 Å². The summed E-state index contributed by atoms with van der Waals surface area (Å²) >= 11 is 0. The van der Waals surface area contributed by atoms with Crippen molar-refractivity contribution in [1.82, 2.24) is 0 Å². The first-order valence-corrected chi connectivity index (χ1v) is 4.49. The average molecular weight is 217 g/mol. The highest BCUT2D eigenvalue weighted by atomic mass is 19.3. The molecule has 0 unspecified atom stereocenters. The number of rotatable bonds is 4. The number of aliphatic hydroxyl groups excluding tert-OH is 1. The van der Waals surface area contributed by atoms with E-state index in [4.69, 9.17) is 5.73 Å². The first-order valence-electron chi connectivity index (χ1n) is 4.49. The molecule has 0 saturated carbocycles. The van der Waals surface area contributed by atoms with E-state index in [0.29, 0.717) is 0 Å². The normalized spacial score (nSPS) is 15.1. The molecule has 0 fully saturated rings. The van der Waals surface area contributed by atoms with E-state index >= 15 is 0 Å². The quantitative estimate of drug-likeness (QED) is 0.806. The lowest BCUT2D eigenvalue weighted by atomic mass is 10.0. The van der Waals surface area contributed by atoms with E-state index in [1.807, 2.05) is 0 Å². The van der Waals surface area contributed by atoms with Crippen molar-refractivity contribution >= 4 is 0 Å². The zero-order chi connectivity index (χ0) is 11.4. The fourth-order valence-corrected chi connectivity index (χ4v) is 1.21. The lowest BCUT2D eigenvalue weighted by Crippen LogP contribution is -2.25. The van der Waals surface area contributed by atoms with Crippen LogP contribution >= 0.6 is 0 Å². The van der Waals surface area contributed by atoms with E-state index in [0.717, 1.165) is 0 Å². The van der Waals surface area contributed by atoms with Crippen LogP contribution in [-0.2, 0) is 0 Å². The molecule has 1 aromatic carbocycles. The van der Waals surface area contributed by atoms with E-state index < -0.39 is 18.8 Å². The number of hydrogen-bond acceptors (Lipinski definition) is 3. The smallest absolute Gasteiger partial charge is 0.387 e. The Bertz CT molecular complexity index is 318. The third kappa shape index (κ3) is 3.14. The van der Waals surface area contributed by atoms with Crippen LogP contribution in [0.1, 0.15) is 18.6 Å². The Morgan fingerprint density at radius 3 is 2.47 bits per heavy atom. The lowest BCUT2D eigenvalue weighted by Gasteiger charge is -2.18. The van der Waals surface area contributed by atoms with E-state index in [2.05, 4.69) is 4.74 Å². The number of halogens is 2. The molecule has 0 saturated heterocycles. The second kappa shape index (κ2) is 5.04. The van der Waals surface area contributed by atoms with Gasteiger partial charge in [-0.25, -0.2) is 0 Å². The van der Waals surface area contributed by atoms with Gasteiger partial charge in [0.05, 0.1) is 6.10 Å². The third-order valence-electron chi connectivity index (χ3n) is 1.95. The van der Waals surface area contributed by atoms with Crippen LogP contribution in [0.2, 0.25) is 0 Å². The zero-order valence-corrected chi connectivity index (χ0v) is 8.23. The molecule has 15 heavy (non-hydrogen) atoms. The molecular weight excluding hydrogens is 204 g/mol. The molecule has 0 bridgehead atoms. The number of aliphatic hydroxyl groups is 1. The van der Waals surface area contributed by atoms with Crippen molar-refractivity contribution in [2.24, 2.45) is 5.73 Å².